The molecule has 1 rings (SSSR count). The number of likely N-dealkylation sites (N-methyl/N-ethyl adjacent to an activating group) is 1. The average molecular weight is 414 g/mol. The van der Waals surface area contributed by atoms with E-state index in [0.717, 1.165) is 22.7 Å². The second-order valence-electron chi connectivity index (χ2n) is 5.16. The highest BCUT2D eigenvalue weighted by Crippen LogP contribution is 2.11. The summed E-state index contributed by atoms with van der Waals surface area (Å²) in [6, 6.07) is 7.12. The highest BCUT2D eigenvalue weighted by molar-refractivity contribution is 9.10. The SMILES string of the molecule is CN(CCc1ccc(Br)cc1)C(=O)C(N)CCS(C)(=O)=O.Cl. The van der Waals surface area contributed by atoms with Crippen LogP contribution in [0, 0.1) is 0 Å². The van der Waals surface area contributed by atoms with Gasteiger partial charge in [0.2, 0.25) is 5.91 Å². The van der Waals surface area contributed by atoms with Crippen molar-refractivity contribution in [3.63, 3.8) is 0 Å². The van der Waals surface area contributed by atoms with Gasteiger partial charge in [0.1, 0.15) is 9.84 Å². The Morgan fingerprint density at radius 2 is 1.86 bits per heavy atom. The van der Waals surface area contributed by atoms with Crippen LogP contribution in [0.3, 0.4) is 0 Å². The molecule has 0 bridgehead atoms. The molecule has 0 aromatic heterocycles. The summed E-state index contributed by atoms with van der Waals surface area (Å²) in [6.07, 6.45) is 2.02. The van der Waals surface area contributed by atoms with E-state index in [1.807, 2.05) is 24.3 Å². The number of carbonyl (C=O) groups is 1. The fourth-order valence-corrected chi connectivity index (χ4v) is 2.75. The summed E-state index contributed by atoms with van der Waals surface area (Å²) in [6.45, 7) is 0.549. The van der Waals surface area contributed by atoms with Crippen molar-refractivity contribution in [1.82, 2.24) is 4.90 Å². The van der Waals surface area contributed by atoms with Crippen molar-refractivity contribution >= 4 is 44.1 Å². The van der Waals surface area contributed by atoms with Crippen molar-refractivity contribution in [3.05, 3.63) is 34.3 Å². The summed E-state index contributed by atoms with van der Waals surface area (Å²) in [7, 11) is -1.41. The van der Waals surface area contributed by atoms with Crippen LogP contribution in [0.5, 0.6) is 0 Å². The van der Waals surface area contributed by atoms with E-state index < -0.39 is 15.9 Å². The maximum atomic E-state index is 12.0. The largest absolute Gasteiger partial charge is 0.344 e. The molecule has 0 radical (unpaired) electrons. The van der Waals surface area contributed by atoms with Gasteiger partial charge in [-0.2, -0.15) is 0 Å². The first-order valence-corrected chi connectivity index (χ1v) is 9.47. The fraction of sp³-hybridized carbons (Fsp3) is 0.500. The lowest BCUT2D eigenvalue weighted by Gasteiger charge is -2.21. The molecule has 0 fully saturated rings. The summed E-state index contributed by atoms with van der Waals surface area (Å²) in [5.74, 6) is -0.295. The van der Waals surface area contributed by atoms with E-state index in [-0.39, 0.29) is 30.5 Å². The third-order valence-electron chi connectivity index (χ3n) is 3.14. The summed E-state index contributed by atoms with van der Waals surface area (Å²) < 4.78 is 23.2. The molecular formula is C14H22BrClN2O3S. The van der Waals surface area contributed by atoms with E-state index >= 15 is 0 Å². The summed E-state index contributed by atoms with van der Waals surface area (Å²) >= 11 is 3.37. The summed E-state index contributed by atoms with van der Waals surface area (Å²) in [5, 5.41) is 0. The second kappa shape index (κ2) is 9.50. The van der Waals surface area contributed by atoms with Gasteiger partial charge in [-0.15, -0.1) is 12.4 Å². The number of hydrogen-bond donors (Lipinski definition) is 1. The molecule has 1 amide bonds. The lowest BCUT2D eigenvalue weighted by molar-refractivity contribution is -0.131. The van der Waals surface area contributed by atoms with Gasteiger partial charge in [0, 0.05) is 24.3 Å². The minimum atomic E-state index is -3.09. The van der Waals surface area contributed by atoms with Gasteiger partial charge in [-0.25, -0.2) is 8.42 Å². The molecule has 0 aliphatic rings. The van der Waals surface area contributed by atoms with E-state index in [9.17, 15) is 13.2 Å². The minimum absolute atomic E-state index is 0. The van der Waals surface area contributed by atoms with E-state index in [1.165, 1.54) is 0 Å². The standard InChI is InChI=1S/C14H21BrN2O3S.ClH/c1-17(9-7-11-3-5-12(15)6-4-11)14(18)13(16)8-10-21(2,19)20;/h3-6,13H,7-10,16H2,1-2H3;1H. The van der Waals surface area contributed by atoms with Crippen molar-refractivity contribution in [2.75, 3.05) is 25.6 Å². The number of nitrogens with zero attached hydrogens (tertiary/aromatic N) is 1. The number of rotatable bonds is 7. The topological polar surface area (TPSA) is 80.5 Å². The van der Waals surface area contributed by atoms with Gasteiger partial charge in [0.25, 0.3) is 0 Å². The maximum absolute atomic E-state index is 12.0. The first-order valence-electron chi connectivity index (χ1n) is 6.62. The van der Waals surface area contributed by atoms with E-state index in [0.29, 0.717) is 6.54 Å². The van der Waals surface area contributed by atoms with Gasteiger partial charge in [-0.05, 0) is 30.5 Å². The number of hydrogen-bond acceptors (Lipinski definition) is 4. The Hall–Kier alpha value is -0.630. The number of amides is 1. The molecule has 0 heterocycles. The Morgan fingerprint density at radius 1 is 1.32 bits per heavy atom. The number of halogens is 2. The van der Waals surface area contributed by atoms with Crippen LogP contribution in [0.15, 0.2) is 28.7 Å². The zero-order valence-electron chi connectivity index (χ0n) is 12.7. The Balaban J connectivity index is 0.00000441. The molecule has 0 aliphatic carbocycles. The molecule has 1 atom stereocenters. The van der Waals surface area contributed by atoms with Crippen molar-refractivity contribution in [2.24, 2.45) is 5.73 Å². The van der Waals surface area contributed by atoms with Gasteiger partial charge in [0.05, 0.1) is 11.8 Å². The molecule has 0 spiro atoms. The molecule has 1 aromatic carbocycles. The van der Waals surface area contributed by atoms with E-state index in [1.54, 1.807) is 11.9 Å². The molecule has 0 aliphatic heterocycles. The summed E-state index contributed by atoms with van der Waals surface area (Å²) in [4.78, 5) is 13.6. The molecule has 126 valence electrons. The predicted molar refractivity (Wildman–Crippen MR) is 95.0 cm³/mol. The molecule has 1 aromatic rings. The van der Waals surface area contributed by atoms with Gasteiger partial charge in [0.15, 0.2) is 0 Å². The third-order valence-corrected chi connectivity index (χ3v) is 4.65. The highest BCUT2D eigenvalue weighted by Gasteiger charge is 2.19. The van der Waals surface area contributed by atoms with E-state index in [4.69, 9.17) is 5.73 Å². The zero-order valence-corrected chi connectivity index (χ0v) is 15.9. The van der Waals surface area contributed by atoms with Crippen LogP contribution in [-0.4, -0.2) is 50.9 Å². The molecule has 0 saturated heterocycles. The molecule has 1 unspecified atom stereocenters. The molecule has 0 saturated carbocycles. The van der Waals surface area contributed by atoms with Crippen LogP contribution in [0.4, 0.5) is 0 Å². The van der Waals surface area contributed by atoms with Crippen LogP contribution in [0.1, 0.15) is 12.0 Å². The number of nitrogens with two attached hydrogens (primary N) is 1. The first-order chi connectivity index (χ1) is 9.69. The quantitative estimate of drug-likeness (QED) is 0.737. The van der Waals surface area contributed by atoms with Crippen molar-refractivity contribution in [1.29, 1.82) is 0 Å². The van der Waals surface area contributed by atoms with Crippen LogP contribution >= 0.6 is 28.3 Å². The zero-order chi connectivity index (χ0) is 16.0. The number of sulfone groups is 1. The van der Waals surface area contributed by atoms with Gasteiger partial charge in [-0.1, -0.05) is 28.1 Å². The van der Waals surface area contributed by atoms with Crippen LogP contribution < -0.4 is 5.73 Å². The van der Waals surface area contributed by atoms with Gasteiger partial charge >= 0.3 is 0 Å². The molecule has 5 nitrogen and oxygen atoms in total. The Kier molecular flexibility index (Phi) is 9.22. The first kappa shape index (κ1) is 21.4. The second-order valence-corrected chi connectivity index (χ2v) is 8.34. The molecule has 2 N–H and O–H groups in total. The lowest BCUT2D eigenvalue weighted by atomic mass is 10.1. The molecule has 8 heteroatoms. The fourth-order valence-electron chi connectivity index (χ4n) is 1.81. The molecule has 22 heavy (non-hydrogen) atoms. The van der Waals surface area contributed by atoms with Crippen molar-refractivity contribution < 1.29 is 13.2 Å². The van der Waals surface area contributed by atoms with Gasteiger partial charge in [-0.3, -0.25) is 4.79 Å². The number of carbonyl (C=O) groups excluding carboxylic acids is 1. The Labute approximate surface area is 146 Å². The number of benzene rings is 1. The highest BCUT2D eigenvalue weighted by atomic mass is 79.9. The van der Waals surface area contributed by atoms with Crippen molar-refractivity contribution in [2.45, 2.75) is 18.9 Å². The third kappa shape index (κ3) is 8.12. The Bertz CT molecular complexity index is 578. The monoisotopic (exact) mass is 412 g/mol. The van der Waals surface area contributed by atoms with Crippen LogP contribution in [0.25, 0.3) is 0 Å². The Morgan fingerprint density at radius 3 is 2.36 bits per heavy atom. The van der Waals surface area contributed by atoms with Gasteiger partial charge < -0.3 is 10.6 Å². The van der Waals surface area contributed by atoms with Crippen LogP contribution in [-0.2, 0) is 21.1 Å². The maximum Gasteiger partial charge on any atom is 0.239 e. The van der Waals surface area contributed by atoms with Crippen LogP contribution in [0.2, 0.25) is 0 Å². The smallest absolute Gasteiger partial charge is 0.239 e. The summed E-state index contributed by atoms with van der Waals surface area (Å²) in [5.41, 5.74) is 6.88. The average Bonchev–Trinajstić information content (AvgIpc) is 2.42. The normalized spacial score (nSPS) is 12.4. The predicted octanol–water partition coefficient (Wildman–Crippen LogP) is 1.63. The lowest BCUT2D eigenvalue weighted by Crippen LogP contribution is -2.43. The minimum Gasteiger partial charge on any atom is -0.344 e. The van der Waals surface area contributed by atoms with Crippen molar-refractivity contribution in [3.8, 4) is 0 Å². The molecular weight excluding hydrogens is 392 g/mol. The van der Waals surface area contributed by atoms with E-state index in [2.05, 4.69) is 15.9 Å².